The molecule has 8 heteroatoms. The molecule has 4 rings (SSSR count). The summed E-state index contributed by atoms with van der Waals surface area (Å²) in [5.41, 5.74) is 2.53. The zero-order chi connectivity index (χ0) is 19.5. The molecule has 1 saturated heterocycles. The van der Waals surface area contributed by atoms with Crippen LogP contribution in [0.3, 0.4) is 0 Å². The van der Waals surface area contributed by atoms with E-state index in [9.17, 15) is 4.79 Å². The lowest BCUT2D eigenvalue weighted by Gasteiger charge is -2.37. The number of carbonyl (C=O) groups excluding carboxylic acids is 1. The number of aromatic nitrogens is 2. The molecular weight excluding hydrogens is 378 g/mol. The van der Waals surface area contributed by atoms with E-state index in [1.807, 2.05) is 24.3 Å². The summed E-state index contributed by atoms with van der Waals surface area (Å²) in [6, 6.07) is 11.4. The molecule has 1 aliphatic rings. The van der Waals surface area contributed by atoms with E-state index in [1.165, 1.54) is 0 Å². The SMILES string of the molecule is Cc1cc(NC(=O)c2cncc(N3CCN(c4cccc(Cl)c4)CC3)c2)no1. The van der Waals surface area contributed by atoms with Crippen LogP contribution in [-0.4, -0.2) is 42.2 Å². The molecule has 2 aromatic heterocycles. The average molecular weight is 398 g/mol. The molecule has 0 saturated carbocycles. The number of hydrogen-bond donors (Lipinski definition) is 1. The van der Waals surface area contributed by atoms with E-state index in [2.05, 4.69) is 31.3 Å². The molecule has 3 aromatic rings. The molecule has 1 aliphatic heterocycles. The van der Waals surface area contributed by atoms with Crippen molar-refractivity contribution in [1.82, 2.24) is 10.1 Å². The Hall–Kier alpha value is -3.06. The van der Waals surface area contributed by atoms with Crippen molar-refractivity contribution < 1.29 is 9.32 Å². The lowest BCUT2D eigenvalue weighted by atomic mass is 10.2. The van der Waals surface area contributed by atoms with Crippen molar-refractivity contribution in [2.45, 2.75) is 6.92 Å². The van der Waals surface area contributed by atoms with Crippen molar-refractivity contribution >= 4 is 34.7 Å². The largest absolute Gasteiger partial charge is 0.368 e. The highest BCUT2D eigenvalue weighted by atomic mass is 35.5. The van der Waals surface area contributed by atoms with Gasteiger partial charge in [-0.2, -0.15) is 0 Å². The van der Waals surface area contributed by atoms with Crippen LogP contribution in [0, 0.1) is 6.92 Å². The minimum absolute atomic E-state index is 0.264. The summed E-state index contributed by atoms with van der Waals surface area (Å²) in [7, 11) is 0. The van der Waals surface area contributed by atoms with Crippen LogP contribution in [0.1, 0.15) is 16.1 Å². The normalized spacial score (nSPS) is 14.2. The zero-order valence-electron chi connectivity index (χ0n) is 15.4. The molecule has 0 spiro atoms. The first kappa shape index (κ1) is 18.3. The Morgan fingerprint density at radius 3 is 2.50 bits per heavy atom. The molecule has 3 heterocycles. The summed E-state index contributed by atoms with van der Waals surface area (Å²) in [6.07, 6.45) is 3.33. The molecule has 1 aromatic carbocycles. The summed E-state index contributed by atoms with van der Waals surface area (Å²) < 4.78 is 4.97. The standard InChI is InChI=1S/C20H20ClN5O2/c1-14-9-19(24-28-14)23-20(27)15-10-18(13-22-12-15)26-7-5-25(6-8-26)17-4-2-3-16(21)11-17/h2-4,9-13H,5-8H2,1H3,(H,23,24,27). The third-order valence-electron chi connectivity index (χ3n) is 4.67. The number of amides is 1. The van der Waals surface area contributed by atoms with Gasteiger partial charge in [0.25, 0.3) is 5.91 Å². The first-order chi connectivity index (χ1) is 13.6. The number of nitrogens with zero attached hydrogens (tertiary/aromatic N) is 4. The number of nitrogens with one attached hydrogen (secondary N) is 1. The number of piperazine rings is 1. The van der Waals surface area contributed by atoms with Gasteiger partial charge >= 0.3 is 0 Å². The average Bonchev–Trinajstić information content (AvgIpc) is 3.13. The Labute approximate surface area is 167 Å². The molecule has 0 bridgehead atoms. The Morgan fingerprint density at radius 1 is 1.07 bits per heavy atom. The van der Waals surface area contributed by atoms with Gasteiger partial charge in [0.15, 0.2) is 5.82 Å². The third kappa shape index (κ3) is 4.09. The summed E-state index contributed by atoms with van der Waals surface area (Å²) in [5.74, 6) is 0.767. The summed E-state index contributed by atoms with van der Waals surface area (Å²) in [6.45, 7) is 5.18. The quantitative estimate of drug-likeness (QED) is 0.724. The molecular formula is C20H20ClN5O2. The van der Waals surface area contributed by atoms with E-state index in [-0.39, 0.29) is 5.91 Å². The number of aryl methyl sites for hydroxylation is 1. The summed E-state index contributed by atoms with van der Waals surface area (Å²) in [4.78, 5) is 21.2. The van der Waals surface area contributed by atoms with Crippen molar-refractivity contribution in [2.75, 3.05) is 41.3 Å². The first-order valence-electron chi connectivity index (χ1n) is 9.04. The highest BCUT2D eigenvalue weighted by molar-refractivity contribution is 6.30. The number of rotatable bonds is 4. The van der Waals surface area contributed by atoms with Crippen LogP contribution in [0.5, 0.6) is 0 Å². The molecule has 1 fully saturated rings. The molecule has 1 amide bonds. The Kier molecular flexibility index (Phi) is 5.16. The molecule has 1 N–H and O–H groups in total. The summed E-state index contributed by atoms with van der Waals surface area (Å²) in [5, 5.41) is 7.24. The van der Waals surface area contributed by atoms with Gasteiger partial charge in [-0.05, 0) is 31.2 Å². The van der Waals surface area contributed by atoms with Gasteiger partial charge in [-0.25, -0.2) is 0 Å². The van der Waals surface area contributed by atoms with Gasteiger partial charge in [0.05, 0.1) is 17.4 Å². The lowest BCUT2D eigenvalue weighted by molar-refractivity contribution is 0.102. The minimum atomic E-state index is -0.264. The smallest absolute Gasteiger partial charge is 0.258 e. The number of carbonyl (C=O) groups is 1. The second-order valence-corrected chi connectivity index (χ2v) is 7.10. The molecule has 0 atom stereocenters. The lowest BCUT2D eigenvalue weighted by Crippen LogP contribution is -2.46. The monoisotopic (exact) mass is 397 g/mol. The van der Waals surface area contributed by atoms with E-state index >= 15 is 0 Å². The van der Waals surface area contributed by atoms with Crippen LogP contribution in [0.25, 0.3) is 0 Å². The number of pyridine rings is 1. The number of halogens is 1. The van der Waals surface area contributed by atoms with Crippen molar-refractivity contribution in [3.05, 3.63) is 65.1 Å². The Morgan fingerprint density at radius 2 is 1.82 bits per heavy atom. The maximum atomic E-state index is 12.5. The van der Waals surface area contributed by atoms with Crippen LogP contribution in [0.4, 0.5) is 17.2 Å². The van der Waals surface area contributed by atoms with E-state index < -0.39 is 0 Å². The zero-order valence-corrected chi connectivity index (χ0v) is 16.2. The second kappa shape index (κ2) is 7.90. The van der Waals surface area contributed by atoms with Gasteiger partial charge < -0.3 is 19.6 Å². The van der Waals surface area contributed by atoms with Gasteiger partial charge in [-0.1, -0.05) is 22.8 Å². The van der Waals surface area contributed by atoms with Gasteiger partial charge in [-0.3, -0.25) is 9.78 Å². The predicted molar refractivity (Wildman–Crippen MR) is 109 cm³/mol. The summed E-state index contributed by atoms with van der Waals surface area (Å²) >= 11 is 6.10. The molecule has 144 valence electrons. The minimum Gasteiger partial charge on any atom is -0.368 e. The van der Waals surface area contributed by atoms with Crippen molar-refractivity contribution in [3.63, 3.8) is 0 Å². The van der Waals surface area contributed by atoms with Crippen molar-refractivity contribution in [2.24, 2.45) is 0 Å². The van der Waals surface area contributed by atoms with Gasteiger partial charge in [0.2, 0.25) is 0 Å². The van der Waals surface area contributed by atoms with Gasteiger partial charge in [0.1, 0.15) is 5.76 Å². The molecule has 0 radical (unpaired) electrons. The Bertz CT molecular complexity index is 982. The fraction of sp³-hybridized carbons (Fsp3) is 0.250. The van der Waals surface area contributed by atoms with Crippen LogP contribution in [-0.2, 0) is 0 Å². The first-order valence-corrected chi connectivity index (χ1v) is 9.41. The fourth-order valence-corrected chi connectivity index (χ4v) is 3.42. The van der Waals surface area contributed by atoms with E-state index in [0.29, 0.717) is 17.1 Å². The van der Waals surface area contributed by atoms with Gasteiger partial charge in [-0.15, -0.1) is 0 Å². The third-order valence-corrected chi connectivity index (χ3v) is 4.91. The van der Waals surface area contributed by atoms with E-state index in [4.69, 9.17) is 16.1 Å². The van der Waals surface area contributed by atoms with E-state index in [1.54, 1.807) is 25.4 Å². The number of anilines is 3. The number of hydrogen-bond acceptors (Lipinski definition) is 6. The van der Waals surface area contributed by atoms with Crippen LogP contribution in [0.2, 0.25) is 5.02 Å². The molecule has 28 heavy (non-hydrogen) atoms. The van der Waals surface area contributed by atoms with Crippen LogP contribution in [0.15, 0.2) is 53.3 Å². The molecule has 0 unspecified atom stereocenters. The maximum absolute atomic E-state index is 12.5. The number of benzene rings is 1. The van der Waals surface area contributed by atoms with Crippen LogP contribution >= 0.6 is 11.6 Å². The highest BCUT2D eigenvalue weighted by Gasteiger charge is 2.19. The highest BCUT2D eigenvalue weighted by Crippen LogP contribution is 2.23. The van der Waals surface area contributed by atoms with Crippen LogP contribution < -0.4 is 15.1 Å². The second-order valence-electron chi connectivity index (χ2n) is 6.66. The topological polar surface area (TPSA) is 74.5 Å². The molecule has 0 aliphatic carbocycles. The maximum Gasteiger partial charge on any atom is 0.258 e. The van der Waals surface area contributed by atoms with Crippen molar-refractivity contribution in [1.29, 1.82) is 0 Å². The van der Waals surface area contributed by atoms with Crippen molar-refractivity contribution in [3.8, 4) is 0 Å². The van der Waals surface area contributed by atoms with E-state index in [0.717, 1.165) is 42.6 Å². The van der Waals surface area contributed by atoms with Gasteiger partial charge in [0, 0.05) is 49.2 Å². The fourth-order valence-electron chi connectivity index (χ4n) is 3.23. The predicted octanol–water partition coefficient (Wildman–Crippen LogP) is 3.61. The Balaban J connectivity index is 1.41. The molecule has 7 nitrogen and oxygen atoms in total.